The second-order valence-corrected chi connectivity index (χ2v) is 8.78. The van der Waals surface area contributed by atoms with Gasteiger partial charge in [0.15, 0.2) is 0 Å². The maximum Gasteiger partial charge on any atom is 0.261 e. The molecule has 1 spiro atoms. The summed E-state index contributed by atoms with van der Waals surface area (Å²) in [6.45, 7) is 2.30. The number of hydrogen-bond acceptors (Lipinski definition) is 2. The summed E-state index contributed by atoms with van der Waals surface area (Å²) in [5.74, 6) is 0.948. The van der Waals surface area contributed by atoms with E-state index in [0.29, 0.717) is 16.7 Å². The lowest BCUT2D eigenvalue weighted by atomic mass is 9.57. The van der Waals surface area contributed by atoms with Gasteiger partial charge in [0.25, 0.3) is 5.17 Å². The fourth-order valence-corrected chi connectivity index (χ4v) is 5.00. The summed E-state index contributed by atoms with van der Waals surface area (Å²) in [6, 6.07) is 8.23. The molecule has 0 aliphatic heterocycles. The predicted octanol–water partition coefficient (Wildman–Crippen LogP) is 6.14. The van der Waals surface area contributed by atoms with Crippen molar-refractivity contribution in [1.82, 2.24) is 0 Å². The van der Waals surface area contributed by atoms with Gasteiger partial charge in [-0.1, -0.05) is 25.8 Å². The molecule has 3 rings (SSSR count). The molecule has 0 bridgehead atoms. The smallest absolute Gasteiger partial charge is 0.261 e. The van der Waals surface area contributed by atoms with Crippen molar-refractivity contribution < 1.29 is 4.74 Å². The molecule has 0 unspecified atom stereocenters. The van der Waals surface area contributed by atoms with Crippen LogP contribution in [0.5, 0.6) is 0 Å². The standard InChI is InChI=1S/C19H26INOS/c1-2-4-14-7-10-19(11-8-14)12-9-17(19)22-18(23)21-16-6-3-5-15(20)13-16/h3,5-6,13-14,17H,2,4,7-12H2,1H3,(H,21,23)/t14?,17-,19?/m0/s1. The van der Waals surface area contributed by atoms with Gasteiger partial charge in [-0.25, -0.2) is 0 Å². The first-order valence-electron chi connectivity index (χ1n) is 8.84. The van der Waals surface area contributed by atoms with E-state index in [4.69, 9.17) is 17.0 Å². The van der Waals surface area contributed by atoms with Crippen LogP contribution in [0.4, 0.5) is 5.69 Å². The first kappa shape index (κ1) is 17.5. The van der Waals surface area contributed by atoms with Crippen molar-refractivity contribution in [2.45, 2.75) is 64.4 Å². The molecular weight excluding hydrogens is 417 g/mol. The van der Waals surface area contributed by atoms with Crippen molar-refractivity contribution in [1.29, 1.82) is 0 Å². The van der Waals surface area contributed by atoms with E-state index in [1.54, 1.807) is 0 Å². The number of anilines is 1. The minimum Gasteiger partial charge on any atom is -0.467 e. The molecule has 2 saturated carbocycles. The third-order valence-corrected chi connectivity index (χ3v) is 6.57. The van der Waals surface area contributed by atoms with Gasteiger partial charge in [-0.2, -0.15) is 0 Å². The van der Waals surface area contributed by atoms with Crippen LogP contribution in [0.25, 0.3) is 0 Å². The zero-order valence-electron chi connectivity index (χ0n) is 13.8. The van der Waals surface area contributed by atoms with Gasteiger partial charge in [0.05, 0.1) is 0 Å². The zero-order valence-corrected chi connectivity index (χ0v) is 16.8. The molecule has 0 heterocycles. The monoisotopic (exact) mass is 443 g/mol. The van der Waals surface area contributed by atoms with Gasteiger partial charge in [0.1, 0.15) is 6.10 Å². The first-order chi connectivity index (χ1) is 11.1. The summed E-state index contributed by atoms with van der Waals surface area (Å²) in [7, 11) is 0. The van der Waals surface area contributed by atoms with Crippen LogP contribution in [0.2, 0.25) is 0 Å². The normalized spacial score (nSPS) is 29.8. The molecule has 1 atom stereocenters. The summed E-state index contributed by atoms with van der Waals surface area (Å²) in [5, 5.41) is 3.77. The molecule has 2 nitrogen and oxygen atoms in total. The molecule has 23 heavy (non-hydrogen) atoms. The highest BCUT2D eigenvalue weighted by molar-refractivity contribution is 14.1. The number of hydrogen-bond donors (Lipinski definition) is 1. The van der Waals surface area contributed by atoms with Gasteiger partial charge < -0.3 is 10.1 Å². The molecule has 2 fully saturated rings. The Bertz CT molecular complexity index is 554. The van der Waals surface area contributed by atoms with Crippen molar-refractivity contribution in [3.63, 3.8) is 0 Å². The molecule has 0 amide bonds. The molecule has 0 radical (unpaired) electrons. The summed E-state index contributed by atoms with van der Waals surface area (Å²) in [5.41, 5.74) is 1.43. The third kappa shape index (κ3) is 4.19. The molecular formula is C19H26INOS. The summed E-state index contributed by atoms with van der Waals surface area (Å²) in [4.78, 5) is 0. The molecule has 0 saturated heterocycles. The average Bonchev–Trinajstić information content (AvgIpc) is 2.53. The Kier molecular flexibility index (Phi) is 5.83. The SMILES string of the molecule is CCCC1CCC2(CC1)CC[C@@H]2OC(=S)Nc1cccc(I)c1. The second kappa shape index (κ2) is 7.68. The first-order valence-corrected chi connectivity index (χ1v) is 10.3. The Balaban J connectivity index is 1.51. The van der Waals surface area contributed by atoms with Crippen molar-refractivity contribution in [3.05, 3.63) is 27.8 Å². The maximum atomic E-state index is 6.14. The van der Waals surface area contributed by atoms with E-state index in [0.717, 1.165) is 18.0 Å². The topological polar surface area (TPSA) is 21.3 Å². The Hall–Kier alpha value is -0.360. The minimum atomic E-state index is 0.327. The number of thiocarbonyl (C=S) groups is 1. The molecule has 126 valence electrons. The molecule has 4 heteroatoms. The van der Waals surface area contributed by atoms with Crippen molar-refractivity contribution in [2.75, 3.05) is 5.32 Å². The highest BCUT2D eigenvalue weighted by atomic mass is 127. The van der Waals surface area contributed by atoms with Gasteiger partial charge in [-0.15, -0.1) is 0 Å². The minimum absolute atomic E-state index is 0.327. The maximum absolute atomic E-state index is 6.14. The molecule has 1 aromatic carbocycles. The number of rotatable bonds is 4. The Morgan fingerprint density at radius 1 is 1.30 bits per heavy atom. The number of halogens is 1. The largest absolute Gasteiger partial charge is 0.467 e. The zero-order chi connectivity index (χ0) is 16.3. The molecule has 1 aromatic rings. The van der Waals surface area contributed by atoms with Gasteiger partial charge in [-0.3, -0.25) is 0 Å². The van der Waals surface area contributed by atoms with E-state index in [1.807, 2.05) is 12.1 Å². The van der Waals surface area contributed by atoms with Crippen LogP contribution in [0, 0.1) is 14.9 Å². The van der Waals surface area contributed by atoms with Gasteiger partial charge >= 0.3 is 0 Å². The Morgan fingerprint density at radius 2 is 2.04 bits per heavy atom. The van der Waals surface area contributed by atoms with Gasteiger partial charge in [0.2, 0.25) is 0 Å². The van der Waals surface area contributed by atoms with E-state index in [2.05, 4.69) is 47.0 Å². The fraction of sp³-hybridized carbons (Fsp3) is 0.632. The number of ether oxygens (including phenoxy) is 1. The van der Waals surface area contributed by atoms with E-state index in [9.17, 15) is 0 Å². The van der Waals surface area contributed by atoms with Crippen LogP contribution in [0.3, 0.4) is 0 Å². The molecule has 2 aliphatic rings. The fourth-order valence-electron chi connectivity index (χ4n) is 4.22. The molecule has 2 aliphatic carbocycles. The van der Waals surface area contributed by atoms with E-state index < -0.39 is 0 Å². The van der Waals surface area contributed by atoms with Gasteiger partial charge in [-0.05, 0) is 97.5 Å². The number of benzene rings is 1. The molecule has 1 N–H and O–H groups in total. The van der Waals surface area contributed by atoms with Crippen LogP contribution in [-0.4, -0.2) is 11.3 Å². The van der Waals surface area contributed by atoms with Crippen LogP contribution >= 0.6 is 34.8 Å². The average molecular weight is 443 g/mol. The van der Waals surface area contributed by atoms with Crippen LogP contribution < -0.4 is 5.32 Å². The van der Waals surface area contributed by atoms with Crippen molar-refractivity contribution in [2.24, 2.45) is 11.3 Å². The van der Waals surface area contributed by atoms with E-state index >= 15 is 0 Å². The summed E-state index contributed by atoms with van der Waals surface area (Å²) in [6.07, 6.45) is 10.9. The van der Waals surface area contributed by atoms with E-state index in [1.165, 1.54) is 48.5 Å². The summed E-state index contributed by atoms with van der Waals surface area (Å²) >= 11 is 7.75. The second-order valence-electron chi connectivity index (χ2n) is 7.16. The van der Waals surface area contributed by atoms with E-state index in [-0.39, 0.29) is 0 Å². The van der Waals surface area contributed by atoms with Crippen LogP contribution in [0.1, 0.15) is 58.3 Å². The quantitative estimate of drug-likeness (QED) is 0.446. The lowest BCUT2D eigenvalue weighted by molar-refractivity contribution is -0.0843. The van der Waals surface area contributed by atoms with Crippen molar-refractivity contribution >= 4 is 45.7 Å². The number of nitrogens with one attached hydrogen (secondary N) is 1. The predicted molar refractivity (Wildman–Crippen MR) is 109 cm³/mol. The van der Waals surface area contributed by atoms with Crippen molar-refractivity contribution in [3.8, 4) is 0 Å². The van der Waals surface area contributed by atoms with Crippen LogP contribution in [-0.2, 0) is 4.74 Å². The lowest BCUT2D eigenvalue weighted by Gasteiger charge is -2.52. The Labute approximate surface area is 158 Å². The summed E-state index contributed by atoms with van der Waals surface area (Å²) < 4.78 is 7.34. The third-order valence-electron chi connectivity index (χ3n) is 5.71. The van der Waals surface area contributed by atoms with Gasteiger partial charge in [0, 0.05) is 14.7 Å². The molecule has 0 aromatic heterocycles. The highest BCUT2D eigenvalue weighted by Crippen LogP contribution is 2.54. The Morgan fingerprint density at radius 3 is 2.65 bits per heavy atom. The highest BCUT2D eigenvalue weighted by Gasteiger charge is 2.50. The lowest BCUT2D eigenvalue weighted by Crippen LogP contribution is -2.50. The van der Waals surface area contributed by atoms with Crippen LogP contribution in [0.15, 0.2) is 24.3 Å².